The molecular formula is C7H15NO3. The van der Waals surface area contributed by atoms with Gasteiger partial charge < -0.3 is 15.2 Å². The van der Waals surface area contributed by atoms with Gasteiger partial charge in [-0.3, -0.25) is 4.79 Å². The van der Waals surface area contributed by atoms with Crippen molar-refractivity contribution in [2.24, 2.45) is 0 Å². The van der Waals surface area contributed by atoms with Gasteiger partial charge in [-0.15, -0.1) is 0 Å². The first-order chi connectivity index (χ1) is 5.16. The predicted molar refractivity (Wildman–Crippen MR) is 41.6 cm³/mol. The lowest BCUT2D eigenvalue weighted by atomic mass is 10.3. The van der Waals surface area contributed by atoms with Crippen LogP contribution in [0.4, 0.5) is 0 Å². The molecule has 1 atom stereocenters. The molecule has 4 heteroatoms. The molecule has 0 aromatic heterocycles. The highest BCUT2D eigenvalue weighted by atomic mass is 16.5. The Kier molecular flexibility index (Phi) is 5.78. The van der Waals surface area contributed by atoms with Crippen LogP contribution in [0.15, 0.2) is 0 Å². The Morgan fingerprint density at radius 2 is 2.27 bits per heavy atom. The molecular weight excluding hydrogens is 146 g/mol. The van der Waals surface area contributed by atoms with Crippen LogP contribution in [0.5, 0.6) is 0 Å². The van der Waals surface area contributed by atoms with Crippen molar-refractivity contribution in [2.45, 2.75) is 19.4 Å². The van der Waals surface area contributed by atoms with E-state index in [0.717, 1.165) is 20.0 Å². The van der Waals surface area contributed by atoms with Crippen LogP contribution < -0.4 is 5.32 Å². The minimum atomic E-state index is -0.833. The van der Waals surface area contributed by atoms with E-state index in [1.165, 1.54) is 6.42 Å². The minimum absolute atomic E-state index is 0.486. The molecule has 1 fully saturated rings. The third-order valence-electron chi connectivity index (χ3n) is 1.35. The third kappa shape index (κ3) is 7.29. The van der Waals surface area contributed by atoms with Crippen molar-refractivity contribution >= 4 is 5.97 Å². The van der Waals surface area contributed by atoms with E-state index in [1.54, 1.807) is 7.11 Å². The van der Waals surface area contributed by atoms with Crippen molar-refractivity contribution in [1.82, 2.24) is 5.32 Å². The summed E-state index contributed by atoms with van der Waals surface area (Å²) in [4.78, 5) is 9.00. The summed E-state index contributed by atoms with van der Waals surface area (Å²) in [6.07, 6.45) is 1.66. The Hall–Kier alpha value is -0.610. The number of aliphatic carboxylic acids is 1. The van der Waals surface area contributed by atoms with E-state index in [2.05, 4.69) is 5.32 Å². The first-order valence-electron chi connectivity index (χ1n) is 3.60. The van der Waals surface area contributed by atoms with Gasteiger partial charge >= 0.3 is 0 Å². The highest BCUT2D eigenvalue weighted by Gasteiger charge is 2.11. The van der Waals surface area contributed by atoms with Crippen LogP contribution in [0, 0.1) is 0 Å². The predicted octanol–water partition coefficient (Wildman–Crippen LogP) is 0.0856. The molecule has 0 aromatic rings. The molecule has 0 radical (unpaired) electrons. The van der Waals surface area contributed by atoms with Crippen LogP contribution >= 0.6 is 0 Å². The van der Waals surface area contributed by atoms with E-state index in [0.29, 0.717) is 6.10 Å². The Morgan fingerprint density at radius 3 is 2.45 bits per heavy atom. The number of hydrogen-bond acceptors (Lipinski definition) is 3. The number of nitrogens with one attached hydrogen (secondary N) is 1. The van der Waals surface area contributed by atoms with E-state index < -0.39 is 5.97 Å². The molecule has 1 rings (SSSR count). The molecule has 0 amide bonds. The summed E-state index contributed by atoms with van der Waals surface area (Å²) in [5.41, 5.74) is 0. The van der Waals surface area contributed by atoms with Gasteiger partial charge in [-0.05, 0) is 13.0 Å². The monoisotopic (exact) mass is 161 g/mol. The summed E-state index contributed by atoms with van der Waals surface area (Å²) in [5, 5.41) is 10.6. The van der Waals surface area contributed by atoms with Crippen LogP contribution in [-0.2, 0) is 9.53 Å². The molecule has 0 bridgehead atoms. The minimum Gasteiger partial charge on any atom is -0.481 e. The van der Waals surface area contributed by atoms with Crippen molar-refractivity contribution in [2.75, 3.05) is 20.2 Å². The van der Waals surface area contributed by atoms with Gasteiger partial charge in [0.15, 0.2) is 0 Å². The second-order valence-corrected chi connectivity index (χ2v) is 2.37. The molecule has 66 valence electrons. The van der Waals surface area contributed by atoms with Gasteiger partial charge in [-0.2, -0.15) is 0 Å². The van der Waals surface area contributed by atoms with Gasteiger partial charge in [0, 0.05) is 20.6 Å². The standard InChI is InChI=1S/C5H11NO.C2H4O2/c1-7-5-2-3-6-4-5;1-2(3)4/h5-6H,2-4H2,1H3;1H3,(H,3,4)/t5-;/m0./s1. The number of rotatable bonds is 1. The molecule has 1 heterocycles. The lowest BCUT2D eigenvalue weighted by molar-refractivity contribution is -0.134. The van der Waals surface area contributed by atoms with E-state index in [1.807, 2.05) is 0 Å². The third-order valence-corrected chi connectivity index (χ3v) is 1.35. The van der Waals surface area contributed by atoms with Crippen molar-refractivity contribution in [1.29, 1.82) is 0 Å². The van der Waals surface area contributed by atoms with E-state index in [9.17, 15) is 0 Å². The van der Waals surface area contributed by atoms with Crippen LogP contribution in [0.25, 0.3) is 0 Å². The van der Waals surface area contributed by atoms with Crippen LogP contribution in [-0.4, -0.2) is 37.4 Å². The Morgan fingerprint density at radius 1 is 1.73 bits per heavy atom. The summed E-state index contributed by atoms with van der Waals surface area (Å²) < 4.78 is 5.05. The summed E-state index contributed by atoms with van der Waals surface area (Å²) >= 11 is 0. The first-order valence-corrected chi connectivity index (χ1v) is 3.60. The Balaban J connectivity index is 0.000000218. The average molecular weight is 161 g/mol. The molecule has 0 aliphatic carbocycles. The van der Waals surface area contributed by atoms with Crippen molar-refractivity contribution in [3.05, 3.63) is 0 Å². The zero-order chi connectivity index (χ0) is 8.69. The Labute approximate surface area is 66.5 Å². The number of ether oxygens (including phenoxy) is 1. The fraction of sp³-hybridized carbons (Fsp3) is 0.857. The average Bonchev–Trinajstić information content (AvgIpc) is 2.36. The van der Waals surface area contributed by atoms with Gasteiger partial charge in [0.05, 0.1) is 6.10 Å². The Bertz CT molecular complexity index is 106. The van der Waals surface area contributed by atoms with Crippen molar-refractivity contribution in [3.8, 4) is 0 Å². The number of carboxylic acid groups (broad SMARTS) is 1. The van der Waals surface area contributed by atoms with Gasteiger partial charge in [-0.25, -0.2) is 0 Å². The quantitative estimate of drug-likeness (QED) is 0.572. The molecule has 1 saturated heterocycles. The highest BCUT2D eigenvalue weighted by Crippen LogP contribution is 1.99. The fourth-order valence-electron chi connectivity index (χ4n) is 0.829. The lowest BCUT2D eigenvalue weighted by Crippen LogP contribution is -2.14. The maximum atomic E-state index is 9.00. The van der Waals surface area contributed by atoms with Crippen LogP contribution in [0.2, 0.25) is 0 Å². The molecule has 0 spiro atoms. The van der Waals surface area contributed by atoms with Crippen LogP contribution in [0.3, 0.4) is 0 Å². The van der Waals surface area contributed by atoms with E-state index in [4.69, 9.17) is 14.6 Å². The topological polar surface area (TPSA) is 58.6 Å². The number of carbonyl (C=O) groups is 1. The fourth-order valence-corrected chi connectivity index (χ4v) is 0.829. The normalized spacial score (nSPS) is 22.2. The molecule has 4 nitrogen and oxygen atoms in total. The van der Waals surface area contributed by atoms with Crippen LogP contribution in [0.1, 0.15) is 13.3 Å². The highest BCUT2D eigenvalue weighted by molar-refractivity contribution is 5.62. The maximum absolute atomic E-state index is 9.00. The van der Waals surface area contributed by atoms with Crippen molar-refractivity contribution in [3.63, 3.8) is 0 Å². The van der Waals surface area contributed by atoms with E-state index in [-0.39, 0.29) is 0 Å². The maximum Gasteiger partial charge on any atom is 0.300 e. The number of hydrogen-bond donors (Lipinski definition) is 2. The number of carboxylic acids is 1. The van der Waals surface area contributed by atoms with E-state index >= 15 is 0 Å². The first kappa shape index (κ1) is 10.4. The molecule has 1 aliphatic heterocycles. The molecule has 11 heavy (non-hydrogen) atoms. The zero-order valence-corrected chi connectivity index (χ0v) is 6.96. The SMILES string of the molecule is CC(=O)O.CO[C@H]1CCNC1. The molecule has 0 aromatic carbocycles. The summed E-state index contributed by atoms with van der Waals surface area (Å²) in [6, 6.07) is 0. The van der Waals surface area contributed by atoms with Gasteiger partial charge in [0.25, 0.3) is 5.97 Å². The largest absolute Gasteiger partial charge is 0.481 e. The van der Waals surface area contributed by atoms with Crippen molar-refractivity contribution < 1.29 is 14.6 Å². The zero-order valence-electron chi connectivity index (χ0n) is 6.96. The smallest absolute Gasteiger partial charge is 0.300 e. The summed E-state index contributed by atoms with van der Waals surface area (Å²) in [7, 11) is 1.76. The van der Waals surface area contributed by atoms with Gasteiger partial charge in [-0.1, -0.05) is 0 Å². The molecule has 1 aliphatic rings. The van der Waals surface area contributed by atoms with Gasteiger partial charge in [0.2, 0.25) is 0 Å². The number of methoxy groups -OCH3 is 1. The molecule has 2 N–H and O–H groups in total. The lowest BCUT2D eigenvalue weighted by Gasteiger charge is -2.01. The second-order valence-electron chi connectivity index (χ2n) is 2.37. The second kappa shape index (κ2) is 6.12. The summed E-state index contributed by atoms with van der Waals surface area (Å²) in [5.74, 6) is -0.833. The molecule has 0 saturated carbocycles. The summed E-state index contributed by atoms with van der Waals surface area (Å²) in [6.45, 7) is 3.25. The molecule has 0 unspecified atom stereocenters. The van der Waals surface area contributed by atoms with Gasteiger partial charge in [0.1, 0.15) is 0 Å².